The molecule has 24 valence electrons. The van der Waals surface area contributed by atoms with Crippen molar-refractivity contribution in [2.24, 2.45) is 0 Å². The van der Waals surface area contributed by atoms with Crippen molar-refractivity contribution in [3.8, 4) is 0 Å². The van der Waals surface area contributed by atoms with Crippen LogP contribution >= 0.6 is 32.5 Å². The van der Waals surface area contributed by atoms with Gasteiger partial charge < -0.3 is 0 Å². The number of hydrogen-bond donors (Lipinski definition) is 0. The van der Waals surface area contributed by atoms with Crippen molar-refractivity contribution >= 4 is 32.5 Å². The predicted molar refractivity (Wildman–Crippen MR) is 18.9 cm³/mol. The minimum absolute atomic E-state index is 0. The first kappa shape index (κ1) is 9.55. The topological polar surface area (TPSA) is 9.23 Å². The van der Waals surface area contributed by atoms with Crippen molar-refractivity contribution in [2.75, 3.05) is 0 Å². The van der Waals surface area contributed by atoms with E-state index in [1.165, 1.54) is 0 Å². The molecule has 0 atom stereocenters. The zero-order chi connectivity index (χ0) is 2.71. The molecule has 0 N–H and O–H groups in total. The fourth-order valence-corrected chi connectivity index (χ4v) is 0. The van der Waals surface area contributed by atoms with Gasteiger partial charge in [-0.15, -0.1) is 0 Å². The molecule has 0 saturated carbocycles. The van der Waals surface area contributed by atoms with Gasteiger partial charge in [0.1, 0.15) is 32.5 Å². The van der Waals surface area contributed by atoms with Crippen molar-refractivity contribution in [3.63, 3.8) is 0 Å². The van der Waals surface area contributed by atoms with Gasteiger partial charge in [-0.25, -0.2) is 2.92 Å². The molecule has 4 heavy (non-hydrogen) atoms. The van der Waals surface area contributed by atoms with Crippen LogP contribution in [0.2, 0.25) is 0 Å². The van der Waals surface area contributed by atoms with Gasteiger partial charge in [0.25, 0.3) is 0 Å². The summed E-state index contributed by atoms with van der Waals surface area (Å²) in [6.07, 6.45) is 0. The number of halogens is 2. The molecule has 4 heteroatoms. The average molecular weight is 320 g/mol. The number of rotatable bonds is 0. The molecule has 0 aromatic heterocycles. The van der Waals surface area contributed by atoms with Crippen LogP contribution in [0.15, 0.2) is 0 Å². The van der Waals surface area contributed by atoms with E-state index in [1.807, 2.05) is 0 Å². The van der Waals surface area contributed by atoms with Crippen LogP contribution in [0.5, 0.6) is 0 Å². The van der Waals surface area contributed by atoms with E-state index in [2.05, 4.69) is 35.4 Å². The molecular formula is Br2NdO. The monoisotopic (exact) mass is 316 g/mol. The second-order valence-electron chi connectivity index (χ2n) is 0.0583. The van der Waals surface area contributed by atoms with E-state index in [0.717, 1.165) is 0 Å². The van der Waals surface area contributed by atoms with Gasteiger partial charge in [-0.3, -0.25) is 0 Å². The Morgan fingerprint density at radius 3 is 1.25 bits per heavy atom. The average Bonchev–Trinajstić information content (AvgIpc) is 0.918. The minimum atomic E-state index is 0. The van der Waals surface area contributed by atoms with Gasteiger partial charge in [-0.1, -0.05) is 0 Å². The van der Waals surface area contributed by atoms with Gasteiger partial charge >= 0.3 is 0 Å². The summed E-state index contributed by atoms with van der Waals surface area (Å²) in [6.45, 7) is 0. The van der Waals surface area contributed by atoms with Crippen LogP contribution in [0.4, 0.5) is 0 Å². The van der Waals surface area contributed by atoms with Crippen LogP contribution in [0, 0.1) is 40.8 Å². The zero-order valence-electron chi connectivity index (χ0n) is 1.66. The summed E-state index contributed by atoms with van der Waals surface area (Å²) in [5.41, 5.74) is 0. The quantitative estimate of drug-likeness (QED) is 0.659. The van der Waals surface area contributed by atoms with Gasteiger partial charge in [-0.05, 0) is 0 Å². The Hall–Kier alpha value is 2.27. The molecule has 0 saturated heterocycles. The maximum Gasteiger partial charge on any atom is 0.115 e. The molecule has 0 rings (SSSR count). The normalized spacial score (nSPS) is 4.50. The Morgan fingerprint density at radius 1 is 1.25 bits per heavy atom. The van der Waals surface area contributed by atoms with E-state index in [1.54, 1.807) is 0 Å². The first-order valence-corrected chi connectivity index (χ1v) is 1.60. The van der Waals surface area contributed by atoms with E-state index in [9.17, 15) is 0 Å². The smallest absolute Gasteiger partial charge is 0.115 e. The second-order valence-corrected chi connectivity index (χ2v) is 1.57. The molecule has 0 aliphatic heterocycles. The minimum Gasteiger partial charge on any atom is -0.230 e. The fraction of sp³-hybridized carbons (Fsp3) is 0. The third kappa shape index (κ3) is 8.86. The Labute approximate surface area is 74.9 Å². The maximum atomic E-state index is 3.88. The molecule has 0 fully saturated rings. The second kappa shape index (κ2) is 8.99. The van der Waals surface area contributed by atoms with Gasteiger partial charge in [0.15, 0.2) is 0 Å². The third-order valence-electron chi connectivity index (χ3n) is 0. The molecule has 0 aliphatic carbocycles. The summed E-state index contributed by atoms with van der Waals surface area (Å²) in [5.74, 6) is 0. The molecular weight excluding hydrogens is 320 g/mol. The van der Waals surface area contributed by atoms with E-state index in [-0.39, 0.29) is 40.8 Å². The first-order chi connectivity index (χ1) is 1.41. The van der Waals surface area contributed by atoms with Crippen LogP contribution in [-0.2, 0) is 2.92 Å². The Kier molecular flexibility index (Phi) is 21.5. The summed E-state index contributed by atoms with van der Waals surface area (Å²) in [7, 11) is 0. The molecule has 0 aromatic rings. The van der Waals surface area contributed by atoms with Crippen LogP contribution in [0.25, 0.3) is 0 Å². The molecule has 0 aromatic carbocycles. The molecule has 1 nitrogen and oxygen atoms in total. The van der Waals surface area contributed by atoms with Crippen molar-refractivity contribution in [1.29, 1.82) is 0 Å². The van der Waals surface area contributed by atoms with Crippen LogP contribution in [-0.4, -0.2) is 0 Å². The predicted octanol–water partition coefficient (Wildman–Crippen LogP) is 1.62. The summed E-state index contributed by atoms with van der Waals surface area (Å²) < 4.78 is 3.88. The van der Waals surface area contributed by atoms with Gasteiger partial charge in [0, 0.05) is 40.8 Å². The summed E-state index contributed by atoms with van der Waals surface area (Å²) >= 11 is 5.12. The maximum absolute atomic E-state index is 3.88. The Bertz CT molecular complexity index is 6.00. The SMILES string of the molecule is BrOBr.[Nd]. The molecule has 0 radical (unpaired) electrons. The Balaban J connectivity index is 0. The first-order valence-electron chi connectivity index (χ1n) is 0.309. The van der Waals surface area contributed by atoms with Crippen LogP contribution in [0.1, 0.15) is 0 Å². The largest absolute Gasteiger partial charge is 0.230 e. The third-order valence-corrected chi connectivity index (χ3v) is 0. The van der Waals surface area contributed by atoms with E-state index < -0.39 is 0 Å². The summed E-state index contributed by atoms with van der Waals surface area (Å²) in [6, 6.07) is 0. The van der Waals surface area contributed by atoms with Gasteiger partial charge in [0.05, 0.1) is 0 Å². The van der Waals surface area contributed by atoms with Crippen molar-refractivity contribution in [1.82, 2.24) is 0 Å². The van der Waals surface area contributed by atoms with E-state index in [0.29, 0.717) is 0 Å². The van der Waals surface area contributed by atoms with Gasteiger partial charge in [0.2, 0.25) is 0 Å². The van der Waals surface area contributed by atoms with Crippen molar-refractivity contribution in [3.05, 3.63) is 0 Å². The molecule has 0 bridgehead atoms. The van der Waals surface area contributed by atoms with Gasteiger partial charge in [-0.2, -0.15) is 0 Å². The molecule has 0 amide bonds. The summed E-state index contributed by atoms with van der Waals surface area (Å²) in [4.78, 5) is 0. The summed E-state index contributed by atoms with van der Waals surface area (Å²) in [5, 5.41) is 0. The van der Waals surface area contributed by atoms with E-state index >= 15 is 0 Å². The number of hydrogen-bond acceptors (Lipinski definition) is 1. The fourth-order valence-electron chi connectivity index (χ4n) is 0. The molecule has 0 unspecified atom stereocenters. The van der Waals surface area contributed by atoms with Crippen molar-refractivity contribution in [2.45, 2.75) is 0 Å². The van der Waals surface area contributed by atoms with Crippen LogP contribution < -0.4 is 0 Å². The Morgan fingerprint density at radius 2 is 1.25 bits per heavy atom. The molecule has 0 aliphatic rings. The van der Waals surface area contributed by atoms with Crippen molar-refractivity contribution < 1.29 is 43.8 Å². The standard InChI is InChI=1S/Br2O.Nd/c1-3-2;. The zero-order valence-corrected chi connectivity index (χ0v) is 8.04. The van der Waals surface area contributed by atoms with E-state index in [4.69, 9.17) is 0 Å². The molecule has 0 spiro atoms. The molecule has 0 heterocycles. The van der Waals surface area contributed by atoms with Crippen LogP contribution in [0.3, 0.4) is 0 Å².